The van der Waals surface area contributed by atoms with Crippen LogP contribution in [0.3, 0.4) is 0 Å². The molecule has 0 aromatic heterocycles. The van der Waals surface area contributed by atoms with Crippen molar-refractivity contribution >= 4 is 19.9 Å². The van der Waals surface area contributed by atoms with Crippen LogP contribution in [0.5, 0.6) is 23.0 Å². The third-order valence-corrected chi connectivity index (χ3v) is 10.7. The van der Waals surface area contributed by atoms with Gasteiger partial charge in [0.05, 0.1) is 33.1 Å². The molecule has 0 bridgehead atoms. The number of β-lactam (4-membered cyclic amide) rings is 1. The molecule has 1 fully saturated rings. The Hall–Kier alpha value is -2.93. The van der Waals surface area contributed by atoms with E-state index in [1.54, 1.807) is 32.3 Å². The maximum absolute atomic E-state index is 12.8. The van der Waals surface area contributed by atoms with Crippen LogP contribution >= 0.6 is 0 Å². The minimum atomic E-state index is -2.10. The van der Waals surface area contributed by atoms with Crippen LogP contribution in [0.4, 0.5) is 5.69 Å². The molecule has 1 aliphatic heterocycles. The number of amides is 1. The van der Waals surface area contributed by atoms with Gasteiger partial charge in [-0.25, -0.2) is 0 Å². The van der Waals surface area contributed by atoms with Gasteiger partial charge in [-0.05, 0) is 48.0 Å². The predicted octanol–water partition coefficient (Wildman–Crippen LogP) is 5.74. The van der Waals surface area contributed by atoms with E-state index in [0.29, 0.717) is 34.3 Å². The average molecular weight is 456 g/mol. The fraction of sp³-hybridized carbons (Fsp3) is 0.400. The lowest BCUT2D eigenvalue weighted by atomic mass is 9.88. The fourth-order valence-electron chi connectivity index (χ4n) is 3.43. The SMILES string of the molecule is C=C1C(=O)N(c2ccc(OC)cc2OC)[C@H]1c1ccc(OC)c(O[Si](C)(C)C(C)(C)C)c1. The van der Waals surface area contributed by atoms with Gasteiger partial charge < -0.3 is 18.6 Å². The van der Waals surface area contributed by atoms with Crippen LogP contribution in [0.2, 0.25) is 18.1 Å². The Morgan fingerprint density at radius 1 is 0.906 bits per heavy atom. The van der Waals surface area contributed by atoms with Crippen LogP contribution < -0.4 is 23.5 Å². The Morgan fingerprint density at radius 2 is 1.56 bits per heavy atom. The van der Waals surface area contributed by atoms with Crippen molar-refractivity contribution < 1.29 is 23.4 Å². The fourth-order valence-corrected chi connectivity index (χ4v) is 4.45. The van der Waals surface area contributed by atoms with Gasteiger partial charge >= 0.3 is 0 Å². The first kappa shape index (κ1) is 23.7. The van der Waals surface area contributed by atoms with Crippen LogP contribution in [-0.2, 0) is 4.79 Å². The Morgan fingerprint density at radius 3 is 2.12 bits per heavy atom. The summed E-state index contributed by atoms with van der Waals surface area (Å²) >= 11 is 0. The number of methoxy groups -OCH3 is 3. The lowest BCUT2D eigenvalue weighted by Gasteiger charge is -2.43. The predicted molar refractivity (Wildman–Crippen MR) is 130 cm³/mol. The van der Waals surface area contributed by atoms with Crippen molar-refractivity contribution in [1.29, 1.82) is 0 Å². The van der Waals surface area contributed by atoms with Gasteiger partial charge in [0.2, 0.25) is 0 Å². The summed E-state index contributed by atoms with van der Waals surface area (Å²) in [6.07, 6.45) is 0. The molecule has 1 amide bonds. The molecule has 0 saturated carbocycles. The second-order valence-corrected chi connectivity index (χ2v) is 14.1. The third kappa shape index (κ3) is 4.09. The third-order valence-electron chi connectivity index (χ3n) is 6.40. The standard InChI is InChI=1S/C25H33NO5Si/c1-16-23(26(24(16)27)19-12-11-18(28-5)15-21(19)30-7)17-10-13-20(29-6)22(14-17)31-32(8,9)25(2,3)4/h10-15,23H,1H2,2-9H3/t23-/m1/s1. The number of anilines is 1. The van der Waals surface area contributed by atoms with E-state index in [9.17, 15) is 4.79 Å². The van der Waals surface area contributed by atoms with E-state index >= 15 is 0 Å². The summed E-state index contributed by atoms with van der Waals surface area (Å²) in [6.45, 7) is 15.0. The normalized spacial score (nSPS) is 16.5. The Bertz CT molecular complexity index is 1040. The van der Waals surface area contributed by atoms with Crippen LogP contribution in [0, 0.1) is 0 Å². The summed E-state index contributed by atoms with van der Waals surface area (Å²) in [5.41, 5.74) is 2.09. The molecule has 2 aromatic carbocycles. The van der Waals surface area contributed by atoms with Crippen LogP contribution in [-0.4, -0.2) is 35.6 Å². The Balaban J connectivity index is 2.03. The van der Waals surface area contributed by atoms with Crippen molar-refractivity contribution in [3.63, 3.8) is 0 Å². The molecule has 32 heavy (non-hydrogen) atoms. The summed E-state index contributed by atoms with van der Waals surface area (Å²) in [5.74, 6) is 2.43. The number of hydrogen-bond acceptors (Lipinski definition) is 5. The van der Waals surface area contributed by atoms with E-state index < -0.39 is 8.32 Å². The topological polar surface area (TPSA) is 57.2 Å². The van der Waals surface area contributed by atoms with Crippen molar-refractivity contribution in [1.82, 2.24) is 0 Å². The smallest absolute Gasteiger partial charge is 0.257 e. The van der Waals surface area contributed by atoms with E-state index in [1.807, 2.05) is 30.3 Å². The van der Waals surface area contributed by atoms with Gasteiger partial charge in [-0.3, -0.25) is 9.69 Å². The number of carbonyl (C=O) groups is 1. The molecule has 0 aliphatic carbocycles. The molecule has 3 rings (SSSR count). The molecule has 0 N–H and O–H groups in total. The van der Waals surface area contributed by atoms with E-state index in [-0.39, 0.29) is 17.0 Å². The highest BCUT2D eigenvalue weighted by molar-refractivity contribution is 6.74. The highest BCUT2D eigenvalue weighted by atomic mass is 28.4. The van der Waals surface area contributed by atoms with Gasteiger partial charge in [0.25, 0.3) is 14.2 Å². The molecular weight excluding hydrogens is 422 g/mol. The van der Waals surface area contributed by atoms with Crippen molar-refractivity contribution in [3.05, 3.63) is 54.1 Å². The van der Waals surface area contributed by atoms with E-state index in [0.717, 1.165) is 5.56 Å². The lowest BCUT2D eigenvalue weighted by Crippen LogP contribution is -2.49. The van der Waals surface area contributed by atoms with Gasteiger partial charge in [0.15, 0.2) is 5.75 Å². The number of carbonyl (C=O) groups excluding carboxylic acids is 1. The van der Waals surface area contributed by atoms with Gasteiger partial charge in [-0.15, -0.1) is 0 Å². The molecule has 0 spiro atoms. The number of ether oxygens (including phenoxy) is 3. The monoisotopic (exact) mass is 455 g/mol. The largest absolute Gasteiger partial charge is 0.541 e. The Labute approximate surface area is 191 Å². The van der Waals surface area contributed by atoms with Gasteiger partial charge in [0, 0.05) is 11.6 Å². The zero-order valence-electron chi connectivity index (χ0n) is 20.2. The van der Waals surface area contributed by atoms with Crippen molar-refractivity contribution in [3.8, 4) is 23.0 Å². The first-order valence-corrected chi connectivity index (χ1v) is 13.5. The highest BCUT2D eigenvalue weighted by Crippen LogP contribution is 2.48. The maximum Gasteiger partial charge on any atom is 0.257 e. The van der Waals surface area contributed by atoms with Gasteiger partial charge in [-0.1, -0.05) is 33.4 Å². The van der Waals surface area contributed by atoms with E-state index in [4.69, 9.17) is 18.6 Å². The summed E-state index contributed by atoms with van der Waals surface area (Å²) in [5, 5.41) is 0.0343. The first-order valence-electron chi connectivity index (χ1n) is 10.6. The van der Waals surface area contributed by atoms with Crippen molar-refractivity contribution in [2.24, 2.45) is 0 Å². The molecule has 1 atom stereocenters. The molecular formula is C25H33NO5Si. The molecule has 172 valence electrons. The van der Waals surface area contributed by atoms with Gasteiger partial charge in [-0.2, -0.15) is 0 Å². The number of benzene rings is 2. The molecule has 0 unspecified atom stereocenters. The molecule has 7 heteroatoms. The van der Waals surface area contributed by atoms with Crippen LogP contribution in [0.1, 0.15) is 32.4 Å². The summed E-state index contributed by atoms with van der Waals surface area (Å²) in [7, 11) is 2.70. The summed E-state index contributed by atoms with van der Waals surface area (Å²) < 4.78 is 23.0. The number of rotatable bonds is 7. The van der Waals surface area contributed by atoms with Crippen molar-refractivity contribution in [2.75, 3.05) is 26.2 Å². The van der Waals surface area contributed by atoms with Crippen LogP contribution in [0.25, 0.3) is 0 Å². The molecule has 0 radical (unpaired) electrons. The van der Waals surface area contributed by atoms with Crippen LogP contribution in [0.15, 0.2) is 48.6 Å². The number of hydrogen-bond donors (Lipinski definition) is 0. The number of nitrogens with zero attached hydrogens (tertiary/aromatic N) is 1. The lowest BCUT2D eigenvalue weighted by molar-refractivity contribution is -0.119. The van der Waals surface area contributed by atoms with Gasteiger partial charge in [0.1, 0.15) is 17.2 Å². The van der Waals surface area contributed by atoms with Crippen molar-refractivity contribution in [2.45, 2.75) is 44.9 Å². The summed E-state index contributed by atoms with van der Waals surface area (Å²) in [6, 6.07) is 10.9. The molecule has 6 nitrogen and oxygen atoms in total. The zero-order valence-corrected chi connectivity index (χ0v) is 21.2. The maximum atomic E-state index is 12.8. The highest BCUT2D eigenvalue weighted by Gasteiger charge is 2.45. The quantitative estimate of drug-likeness (QED) is 0.303. The second-order valence-electron chi connectivity index (χ2n) is 9.41. The average Bonchev–Trinajstić information content (AvgIpc) is 2.75. The first-order chi connectivity index (χ1) is 14.9. The second kappa shape index (κ2) is 8.54. The summed E-state index contributed by atoms with van der Waals surface area (Å²) in [4.78, 5) is 14.5. The molecule has 1 heterocycles. The minimum absolute atomic E-state index is 0.0343. The Kier molecular flexibility index (Phi) is 6.33. The molecule has 2 aromatic rings. The van der Waals surface area contributed by atoms with E-state index in [2.05, 4.69) is 40.4 Å². The molecule has 1 aliphatic rings. The molecule has 1 saturated heterocycles. The zero-order chi connectivity index (χ0) is 23.8. The minimum Gasteiger partial charge on any atom is -0.541 e. The van der Waals surface area contributed by atoms with E-state index in [1.165, 1.54) is 0 Å².